The van der Waals surface area contributed by atoms with E-state index >= 15 is 0 Å². The Bertz CT molecular complexity index is 1540. The van der Waals surface area contributed by atoms with Crippen LogP contribution in [-0.4, -0.2) is 35.1 Å². The van der Waals surface area contributed by atoms with E-state index in [4.69, 9.17) is 10.2 Å². The molecule has 0 fully saturated rings. The van der Waals surface area contributed by atoms with Gasteiger partial charge in [-0.3, -0.25) is 0 Å². The molecule has 4 heteroatoms. The molecule has 3 unspecified atom stereocenters. The molecule has 0 aromatic heterocycles. The molecule has 4 aromatic rings. The Morgan fingerprint density at radius 1 is 0.525 bits per heavy atom. The van der Waals surface area contributed by atoms with Gasteiger partial charge in [0.2, 0.25) is 0 Å². The minimum Gasteiger partial charge on any atom is -0.395 e. The molecule has 40 heavy (non-hydrogen) atoms. The molecule has 3 aliphatic carbocycles. The molecule has 0 saturated carbocycles. The third-order valence-electron chi connectivity index (χ3n) is 7.63. The lowest BCUT2D eigenvalue weighted by Gasteiger charge is -2.14. The number of fused-ring (bicyclic) bond motifs is 3. The van der Waals surface area contributed by atoms with Gasteiger partial charge in [0, 0.05) is 22.2 Å². The zero-order valence-corrected chi connectivity index (χ0v) is 23.8. The maximum absolute atomic E-state index is 9.60. The second kappa shape index (κ2) is 13.2. The summed E-state index contributed by atoms with van der Waals surface area (Å²) in [6.45, 7) is 0.555. The minimum atomic E-state index is 0.119. The fourth-order valence-electron chi connectivity index (χ4n) is 5.53. The van der Waals surface area contributed by atoms with Gasteiger partial charge in [0.25, 0.3) is 0 Å². The molecule has 0 radical (unpaired) electrons. The maximum atomic E-state index is 9.60. The Hall–Kier alpha value is -3.54. The molecule has 3 N–H and O–H groups in total. The summed E-state index contributed by atoms with van der Waals surface area (Å²) in [5.74, 6) is 0.501. The lowest BCUT2D eigenvalue weighted by molar-refractivity contribution is 0.283. The van der Waals surface area contributed by atoms with Crippen molar-refractivity contribution in [3.8, 4) is 0 Å². The van der Waals surface area contributed by atoms with Gasteiger partial charge in [-0.05, 0) is 50.6 Å². The summed E-state index contributed by atoms with van der Waals surface area (Å²) in [6, 6.07) is 34.8. The monoisotopic (exact) mass is 592 g/mol. The molecule has 3 nitrogen and oxygen atoms in total. The normalized spacial score (nSPS) is 19.2. The van der Waals surface area contributed by atoms with E-state index < -0.39 is 0 Å². The van der Waals surface area contributed by atoms with Crippen LogP contribution in [0.2, 0.25) is 0 Å². The summed E-state index contributed by atoms with van der Waals surface area (Å²) >= 11 is 3.45. The van der Waals surface area contributed by atoms with Crippen molar-refractivity contribution in [3.63, 3.8) is 0 Å². The van der Waals surface area contributed by atoms with E-state index in [1.165, 1.54) is 44.5 Å². The fourth-order valence-corrected chi connectivity index (χ4v) is 6.17. The van der Waals surface area contributed by atoms with Gasteiger partial charge >= 0.3 is 0 Å². The third kappa shape index (κ3) is 5.96. The van der Waals surface area contributed by atoms with Crippen LogP contribution in [0, 0.1) is 0 Å². The smallest absolute Gasteiger partial charge is 0.0545 e. The standard InChI is InChI=1S/C16H14O.C10H9BrO.C10H10O/c17-11-16-14-9-5-4-8-13(14)10-15(16)12-6-2-1-3-7-12;11-10-5-7-3-1-2-4-8(7)9(10)6-12;11-7-9-6-5-8-3-1-2-4-10(8)9/h1-10,16-17H,11H2;1-5,9,12H,6H2;1-6,9,11H,7H2. The first-order chi connectivity index (χ1) is 19.6. The average Bonchev–Trinajstić information content (AvgIpc) is 3.70. The van der Waals surface area contributed by atoms with Crippen LogP contribution >= 0.6 is 15.9 Å². The predicted octanol–water partition coefficient (Wildman–Crippen LogP) is 7.62. The number of rotatable bonds is 4. The summed E-state index contributed by atoms with van der Waals surface area (Å²) in [5, 5.41) is 27.7. The lowest BCUT2D eigenvalue weighted by Crippen LogP contribution is -2.03. The highest BCUT2D eigenvalue weighted by molar-refractivity contribution is 9.11. The van der Waals surface area contributed by atoms with E-state index in [0.29, 0.717) is 0 Å². The summed E-state index contributed by atoms with van der Waals surface area (Å²) in [5.41, 5.74) is 9.79. The average molecular weight is 594 g/mol. The topological polar surface area (TPSA) is 60.7 Å². The van der Waals surface area contributed by atoms with Crippen molar-refractivity contribution in [3.05, 3.63) is 153 Å². The first-order valence-electron chi connectivity index (χ1n) is 13.6. The van der Waals surface area contributed by atoms with E-state index in [1.807, 2.05) is 60.7 Å². The van der Waals surface area contributed by atoms with Gasteiger partial charge in [0.1, 0.15) is 0 Å². The molecule has 0 aliphatic heterocycles. The quantitative estimate of drug-likeness (QED) is 0.228. The molecular weight excluding hydrogens is 560 g/mol. The highest BCUT2D eigenvalue weighted by Crippen LogP contribution is 2.41. The van der Waals surface area contributed by atoms with Crippen LogP contribution < -0.4 is 0 Å². The summed E-state index contributed by atoms with van der Waals surface area (Å²) in [7, 11) is 0. The second-order valence-electron chi connectivity index (χ2n) is 10.0. The molecule has 0 spiro atoms. The first-order valence-corrected chi connectivity index (χ1v) is 14.4. The number of aliphatic hydroxyl groups is 3. The van der Waals surface area contributed by atoms with Crippen molar-refractivity contribution in [2.45, 2.75) is 17.8 Å². The number of benzene rings is 4. The Balaban J connectivity index is 0.000000125. The number of halogens is 1. The van der Waals surface area contributed by atoms with E-state index in [1.54, 1.807) is 0 Å². The molecule has 7 rings (SSSR count). The van der Waals surface area contributed by atoms with Gasteiger partial charge in [0.05, 0.1) is 19.8 Å². The summed E-state index contributed by atoms with van der Waals surface area (Å²) < 4.78 is 1.08. The zero-order valence-electron chi connectivity index (χ0n) is 22.2. The molecule has 3 atom stereocenters. The predicted molar refractivity (Wildman–Crippen MR) is 169 cm³/mol. The van der Waals surface area contributed by atoms with Crippen LogP contribution in [0.4, 0.5) is 0 Å². The number of hydrogen-bond acceptors (Lipinski definition) is 3. The van der Waals surface area contributed by atoms with Crippen LogP contribution in [0.5, 0.6) is 0 Å². The first kappa shape index (κ1) is 28.0. The van der Waals surface area contributed by atoms with Crippen LogP contribution in [0.15, 0.2) is 114 Å². The fraction of sp³-hybridized carbons (Fsp3) is 0.167. The molecule has 4 aromatic carbocycles. The van der Waals surface area contributed by atoms with Crippen molar-refractivity contribution >= 4 is 39.7 Å². The zero-order chi connectivity index (χ0) is 27.9. The molecule has 0 bridgehead atoms. The maximum Gasteiger partial charge on any atom is 0.0545 e. The van der Waals surface area contributed by atoms with Crippen molar-refractivity contribution in [2.24, 2.45) is 0 Å². The third-order valence-corrected chi connectivity index (χ3v) is 8.41. The van der Waals surface area contributed by atoms with Crippen molar-refractivity contribution in [1.82, 2.24) is 0 Å². The van der Waals surface area contributed by atoms with Crippen LogP contribution in [0.25, 0.3) is 23.8 Å². The largest absolute Gasteiger partial charge is 0.395 e. The Morgan fingerprint density at radius 2 is 1.05 bits per heavy atom. The van der Waals surface area contributed by atoms with Crippen LogP contribution in [0.3, 0.4) is 0 Å². The molecule has 0 heterocycles. The van der Waals surface area contributed by atoms with Crippen molar-refractivity contribution in [1.29, 1.82) is 0 Å². The molecule has 3 aliphatic rings. The van der Waals surface area contributed by atoms with Crippen molar-refractivity contribution < 1.29 is 15.3 Å². The van der Waals surface area contributed by atoms with Crippen LogP contribution in [-0.2, 0) is 0 Å². The van der Waals surface area contributed by atoms with Gasteiger partial charge in [-0.15, -0.1) is 0 Å². The van der Waals surface area contributed by atoms with E-state index in [9.17, 15) is 5.11 Å². The molecule has 0 saturated heterocycles. The highest BCUT2D eigenvalue weighted by atomic mass is 79.9. The van der Waals surface area contributed by atoms with Gasteiger partial charge in [0.15, 0.2) is 0 Å². The van der Waals surface area contributed by atoms with Gasteiger partial charge in [-0.1, -0.05) is 137 Å². The van der Waals surface area contributed by atoms with Gasteiger partial charge in [-0.2, -0.15) is 0 Å². The highest BCUT2D eigenvalue weighted by Gasteiger charge is 2.25. The van der Waals surface area contributed by atoms with Gasteiger partial charge < -0.3 is 15.3 Å². The van der Waals surface area contributed by atoms with Crippen LogP contribution in [0.1, 0.15) is 56.7 Å². The molecule has 202 valence electrons. The summed E-state index contributed by atoms with van der Waals surface area (Å²) in [6.07, 6.45) is 8.36. The second-order valence-corrected chi connectivity index (χ2v) is 10.9. The minimum absolute atomic E-state index is 0.119. The summed E-state index contributed by atoms with van der Waals surface area (Å²) in [4.78, 5) is 0. The Morgan fingerprint density at radius 3 is 1.68 bits per heavy atom. The van der Waals surface area contributed by atoms with Gasteiger partial charge in [-0.25, -0.2) is 0 Å². The molecular formula is C36H33BrO3. The SMILES string of the molecule is OCC1C(Br)=Cc2ccccc21.OCC1C(c2ccccc2)=Cc2ccccc21.OCC1C=Cc2ccccc21. The van der Waals surface area contributed by atoms with E-state index in [2.05, 4.69) is 82.7 Å². The lowest BCUT2D eigenvalue weighted by atomic mass is 9.92. The van der Waals surface area contributed by atoms with Crippen molar-refractivity contribution in [2.75, 3.05) is 19.8 Å². The number of hydrogen-bond donors (Lipinski definition) is 3. The van der Waals surface area contributed by atoms with E-state index in [-0.39, 0.29) is 37.6 Å². The molecule has 0 amide bonds. The van der Waals surface area contributed by atoms with E-state index in [0.717, 1.165) is 4.48 Å². The Kier molecular flexibility index (Phi) is 9.25. The number of aliphatic hydroxyl groups excluding tert-OH is 3. The Labute approximate surface area is 244 Å².